The van der Waals surface area contributed by atoms with Crippen LogP contribution in [0.5, 0.6) is 0 Å². The Morgan fingerprint density at radius 2 is 2.33 bits per heavy atom. The van der Waals surface area contributed by atoms with Gasteiger partial charge in [0.1, 0.15) is 0 Å². The fourth-order valence-corrected chi connectivity index (χ4v) is 0.513. The molecule has 0 fully saturated rings. The van der Waals surface area contributed by atoms with E-state index >= 15 is 0 Å². The quantitative estimate of drug-likeness (QED) is 0.411. The van der Waals surface area contributed by atoms with E-state index in [1.165, 1.54) is 9.19 Å². The first-order valence-electron chi connectivity index (χ1n) is 1.48. The molecule has 0 radical (unpaired) electrons. The zero-order valence-corrected chi connectivity index (χ0v) is 5.05. The first-order chi connectivity index (χ1) is 2.80. The zero-order chi connectivity index (χ0) is 4.57. The number of nitrogens with zero attached hydrogens (tertiary/aromatic N) is 1. The SMILES string of the molecule is O=C1C=CN1I. The summed E-state index contributed by atoms with van der Waals surface area (Å²) in [6.45, 7) is 0. The molecular formula is C3H2INO. The smallest absolute Gasteiger partial charge is 0.260 e. The van der Waals surface area contributed by atoms with E-state index in [1.807, 2.05) is 22.9 Å². The maximum absolute atomic E-state index is 10.1. The Morgan fingerprint density at radius 1 is 1.83 bits per heavy atom. The van der Waals surface area contributed by atoms with E-state index in [4.69, 9.17) is 0 Å². The molecule has 0 bridgehead atoms. The highest BCUT2D eigenvalue weighted by atomic mass is 127. The van der Waals surface area contributed by atoms with Crippen molar-refractivity contribution in [3.05, 3.63) is 12.3 Å². The first-order valence-corrected chi connectivity index (χ1v) is 2.44. The second-order valence-electron chi connectivity index (χ2n) is 0.965. The standard InChI is InChI=1S/C3H2INO/c4-5-2-1-3(5)6/h1-2H. The topological polar surface area (TPSA) is 20.3 Å². The summed E-state index contributed by atoms with van der Waals surface area (Å²) in [6, 6.07) is 0. The van der Waals surface area contributed by atoms with Crippen LogP contribution >= 0.6 is 22.9 Å². The third kappa shape index (κ3) is 0.426. The Balaban J connectivity index is 2.67. The molecule has 0 aromatic rings. The van der Waals surface area contributed by atoms with E-state index in [0.717, 1.165) is 0 Å². The van der Waals surface area contributed by atoms with Crippen LogP contribution in [0.25, 0.3) is 0 Å². The summed E-state index contributed by atoms with van der Waals surface area (Å²) >= 11 is 1.92. The van der Waals surface area contributed by atoms with Gasteiger partial charge < -0.3 is 0 Å². The predicted octanol–water partition coefficient (Wildman–Crippen LogP) is 0.692. The molecule has 6 heavy (non-hydrogen) atoms. The van der Waals surface area contributed by atoms with Crippen molar-refractivity contribution in [2.24, 2.45) is 0 Å². The van der Waals surface area contributed by atoms with Crippen molar-refractivity contribution in [3.63, 3.8) is 0 Å². The number of amides is 1. The highest BCUT2D eigenvalue weighted by Crippen LogP contribution is 2.09. The van der Waals surface area contributed by atoms with Crippen LogP contribution in [-0.2, 0) is 4.79 Å². The van der Waals surface area contributed by atoms with Crippen molar-refractivity contribution < 1.29 is 4.79 Å². The van der Waals surface area contributed by atoms with E-state index in [-0.39, 0.29) is 5.91 Å². The first kappa shape index (κ1) is 4.11. The molecule has 1 aliphatic heterocycles. The molecule has 0 atom stereocenters. The molecule has 2 nitrogen and oxygen atoms in total. The largest absolute Gasteiger partial charge is 0.269 e. The number of halogens is 1. The van der Waals surface area contributed by atoms with Crippen molar-refractivity contribution in [1.82, 2.24) is 3.11 Å². The van der Waals surface area contributed by atoms with Gasteiger partial charge in [-0.2, -0.15) is 0 Å². The Morgan fingerprint density at radius 3 is 2.33 bits per heavy atom. The second-order valence-corrected chi connectivity index (χ2v) is 2.00. The van der Waals surface area contributed by atoms with Gasteiger partial charge in [-0.15, -0.1) is 0 Å². The van der Waals surface area contributed by atoms with Crippen LogP contribution in [0.15, 0.2) is 12.3 Å². The van der Waals surface area contributed by atoms with Gasteiger partial charge >= 0.3 is 0 Å². The lowest BCUT2D eigenvalue weighted by Crippen LogP contribution is -2.19. The highest BCUT2D eigenvalue weighted by molar-refractivity contribution is 14.1. The van der Waals surface area contributed by atoms with E-state index < -0.39 is 0 Å². The number of carbonyl (C=O) groups excluding carboxylic acids is 1. The Hall–Kier alpha value is -0.0600. The summed E-state index contributed by atoms with van der Waals surface area (Å²) in [4.78, 5) is 10.1. The lowest BCUT2D eigenvalue weighted by Gasteiger charge is -2.11. The van der Waals surface area contributed by atoms with E-state index in [1.54, 1.807) is 6.20 Å². The average molecular weight is 195 g/mol. The Bertz CT molecular complexity index is 109. The minimum absolute atomic E-state index is 0.0793. The average Bonchev–Trinajstić information content (AvgIpc) is 1.61. The van der Waals surface area contributed by atoms with Crippen LogP contribution in [0.1, 0.15) is 0 Å². The molecule has 0 spiro atoms. The van der Waals surface area contributed by atoms with Crippen LogP contribution in [0.4, 0.5) is 0 Å². The molecule has 1 amide bonds. The van der Waals surface area contributed by atoms with Crippen LogP contribution in [0, 0.1) is 0 Å². The third-order valence-electron chi connectivity index (χ3n) is 0.559. The Kier molecular flexibility index (Phi) is 0.833. The van der Waals surface area contributed by atoms with Crippen LogP contribution in [0.2, 0.25) is 0 Å². The molecule has 3 heteroatoms. The minimum Gasteiger partial charge on any atom is -0.269 e. The minimum atomic E-state index is 0.0793. The molecule has 32 valence electrons. The molecule has 1 rings (SSSR count). The van der Waals surface area contributed by atoms with E-state index in [0.29, 0.717) is 0 Å². The van der Waals surface area contributed by atoms with Gasteiger partial charge in [-0.25, -0.2) is 0 Å². The van der Waals surface area contributed by atoms with Gasteiger partial charge in [0.25, 0.3) is 5.91 Å². The number of hydrogen-bond acceptors (Lipinski definition) is 1. The van der Waals surface area contributed by atoms with Gasteiger partial charge in [0.2, 0.25) is 0 Å². The summed E-state index contributed by atoms with van der Waals surface area (Å²) in [6.07, 6.45) is 3.23. The van der Waals surface area contributed by atoms with Gasteiger partial charge in [0.15, 0.2) is 0 Å². The summed E-state index contributed by atoms with van der Waals surface area (Å²) in [7, 11) is 0. The van der Waals surface area contributed by atoms with Crippen molar-refractivity contribution in [3.8, 4) is 0 Å². The van der Waals surface area contributed by atoms with Crippen LogP contribution in [-0.4, -0.2) is 9.02 Å². The van der Waals surface area contributed by atoms with Crippen molar-refractivity contribution in [2.45, 2.75) is 0 Å². The summed E-state index contributed by atoms with van der Waals surface area (Å²) in [5.41, 5.74) is 0. The molecule has 1 heterocycles. The van der Waals surface area contributed by atoms with E-state index in [2.05, 4.69) is 0 Å². The predicted molar refractivity (Wildman–Crippen MR) is 30.0 cm³/mol. The van der Waals surface area contributed by atoms with Gasteiger partial charge in [0, 0.05) is 12.3 Å². The van der Waals surface area contributed by atoms with Gasteiger partial charge in [-0.1, -0.05) is 0 Å². The molecular weight excluding hydrogens is 193 g/mol. The molecule has 0 saturated carbocycles. The van der Waals surface area contributed by atoms with Crippen LogP contribution in [0.3, 0.4) is 0 Å². The number of carbonyl (C=O) groups is 1. The molecule has 0 aromatic carbocycles. The second kappa shape index (κ2) is 1.22. The van der Waals surface area contributed by atoms with Gasteiger partial charge in [0.05, 0.1) is 22.9 Å². The van der Waals surface area contributed by atoms with Crippen molar-refractivity contribution in [1.29, 1.82) is 0 Å². The van der Waals surface area contributed by atoms with Gasteiger partial charge in [-0.3, -0.25) is 7.91 Å². The van der Waals surface area contributed by atoms with Gasteiger partial charge in [-0.05, 0) is 0 Å². The van der Waals surface area contributed by atoms with Crippen molar-refractivity contribution in [2.75, 3.05) is 0 Å². The summed E-state index contributed by atoms with van der Waals surface area (Å²) in [5, 5.41) is 0. The molecule has 1 aliphatic rings. The van der Waals surface area contributed by atoms with Crippen molar-refractivity contribution >= 4 is 28.8 Å². The highest BCUT2D eigenvalue weighted by Gasteiger charge is 2.10. The maximum Gasteiger partial charge on any atom is 0.260 e. The monoisotopic (exact) mass is 195 g/mol. The molecule has 0 aliphatic carbocycles. The summed E-state index contributed by atoms with van der Waals surface area (Å²) < 4.78 is 1.50. The summed E-state index contributed by atoms with van der Waals surface area (Å²) in [5.74, 6) is 0.0793. The zero-order valence-electron chi connectivity index (χ0n) is 2.89. The lowest BCUT2D eigenvalue weighted by atomic mass is 10.4. The molecule has 0 unspecified atom stereocenters. The molecule has 0 N–H and O–H groups in total. The Labute approximate surface area is 49.3 Å². The van der Waals surface area contributed by atoms with E-state index in [9.17, 15) is 4.79 Å². The number of rotatable bonds is 0. The fraction of sp³-hybridized carbons (Fsp3) is 0. The van der Waals surface area contributed by atoms with Crippen LogP contribution < -0.4 is 0 Å². The molecule has 0 aromatic heterocycles. The normalized spacial score (nSPS) is 18.2. The lowest BCUT2D eigenvalue weighted by molar-refractivity contribution is -0.120. The third-order valence-corrected chi connectivity index (χ3v) is 1.36. The fourth-order valence-electron chi connectivity index (χ4n) is 0.192. The number of hydrogen-bond donors (Lipinski definition) is 0. The molecule has 0 saturated heterocycles. The maximum atomic E-state index is 10.1.